The fraction of sp³-hybridized carbons (Fsp3) is 0.583. The van der Waals surface area contributed by atoms with Crippen molar-refractivity contribution < 1.29 is 9.53 Å². The van der Waals surface area contributed by atoms with E-state index in [1.165, 1.54) is 11.3 Å². The van der Waals surface area contributed by atoms with Gasteiger partial charge in [0.2, 0.25) is 0 Å². The van der Waals surface area contributed by atoms with Crippen molar-refractivity contribution in [3.05, 3.63) is 20.3 Å². The van der Waals surface area contributed by atoms with Gasteiger partial charge in [0.05, 0.1) is 21.4 Å². The van der Waals surface area contributed by atoms with E-state index in [0.29, 0.717) is 6.54 Å². The second-order valence-corrected chi connectivity index (χ2v) is 6.90. The number of morpholine rings is 1. The number of carbonyl (C=O) groups excluding carboxylic acids is 1. The van der Waals surface area contributed by atoms with Crippen molar-refractivity contribution >= 4 is 33.2 Å². The molecule has 1 amide bonds. The highest BCUT2D eigenvalue weighted by Gasteiger charge is 2.19. The van der Waals surface area contributed by atoms with Crippen LogP contribution in [0.4, 0.5) is 0 Å². The lowest BCUT2D eigenvalue weighted by Crippen LogP contribution is -2.45. The summed E-state index contributed by atoms with van der Waals surface area (Å²) in [6.07, 6.45) is 0.0946. The molecule has 0 radical (unpaired) electrons. The molecule has 1 fully saturated rings. The van der Waals surface area contributed by atoms with E-state index in [1.54, 1.807) is 0 Å². The van der Waals surface area contributed by atoms with Crippen molar-refractivity contribution in [2.24, 2.45) is 0 Å². The Bertz CT molecular complexity index is 416. The average Bonchev–Trinajstić information content (AvgIpc) is 2.67. The van der Waals surface area contributed by atoms with Gasteiger partial charge in [-0.1, -0.05) is 0 Å². The molecule has 0 bridgehead atoms. The Hall–Kier alpha value is -0.430. The van der Waals surface area contributed by atoms with Gasteiger partial charge in [0.15, 0.2) is 0 Å². The second-order valence-electron chi connectivity index (χ2n) is 4.53. The van der Waals surface area contributed by atoms with Gasteiger partial charge in [-0.25, -0.2) is 0 Å². The van der Waals surface area contributed by atoms with Crippen LogP contribution in [0.3, 0.4) is 0 Å². The maximum Gasteiger partial charge on any atom is 0.261 e. The van der Waals surface area contributed by atoms with Crippen LogP contribution in [-0.4, -0.2) is 50.2 Å². The lowest BCUT2D eigenvalue weighted by Gasteiger charge is -2.30. The van der Waals surface area contributed by atoms with Gasteiger partial charge < -0.3 is 15.0 Å². The largest absolute Gasteiger partial charge is 0.374 e. The highest BCUT2D eigenvalue weighted by molar-refractivity contribution is 9.11. The minimum Gasteiger partial charge on any atom is -0.374 e. The van der Waals surface area contributed by atoms with E-state index in [4.69, 9.17) is 4.74 Å². The molecule has 1 aliphatic rings. The average molecular weight is 333 g/mol. The Labute approximate surface area is 119 Å². The summed E-state index contributed by atoms with van der Waals surface area (Å²) in [5.74, 6) is -0.0226. The lowest BCUT2D eigenvalue weighted by molar-refractivity contribution is -0.0174. The van der Waals surface area contributed by atoms with E-state index in [0.717, 1.165) is 33.9 Å². The molecule has 0 saturated carbocycles. The quantitative estimate of drug-likeness (QED) is 0.918. The summed E-state index contributed by atoms with van der Waals surface area (Å²) in [5.41, 5.74) is 1.10. The van der Waals surface area contributed by atoms with E-state index < -0.39 is 0 Å². The third-order valence-corrected chi connectivity index (χ3v) is 5.05. The first-order chi connectivity index (χ1) is 8.56. The number of halogens is 1. The Morgan fingerprint density at radius 1 is 1.72 bits per heavy atom. The number of ether oxygens (including phenoxy) is 1. The molecule has 1 aliphatic heterocycles. The first-order valence-corrected chi connectivity index (χ1v) is 7.51. The molecule has 4 nitrogen and oxygen atoms in total. The van der Waals surface area contributed by atoms with Gasteiger partial charge in [-0.05, 0) is 41.5 Å². The molecule has 1 aromatic heterocycles. The molecule has 2 rings (SSSR count). The zero-order chi connectivity index (χ0) is 13.1. The normalized spacial score (nSPS) is 20.9. The number of hydrogen-bond donors (Lipinski definition) is 1. The van der Waals surface area contributed by atoms with Crippen LogP contribution in [0.1, 0.15) is 15.2 Å². The van der Waals surface area contributed by atoms with E-state index >= 15 is 0 Å². The van der Waals surface area contributed by atoms with Gasteiger partial charge in [0, 0.05) is 19.6 Å². The fourth-order valence-corrected chi connectivity index (χ4v) is 3.31. The fourth-order valence-electron chi connectivity index (χ4n) is 1.86. The van der Waals surface area contributed by atoms with Crippen molar-refractivity contribution in [3.8, 4) is 0 Å². The Morgan fingerprint density at radius 2 is 2.50 bits per heavy atom. The predicted molar refractivity (Wildman–Crippen MR) is 76.3 cm³/mol. The number of hydrogen-bond acceptors (Lipinski definition) is 4. The molecule has 2 heterocycles. The second kappa shape index (κ2) is 6.14. The maximum atomic E-state index is 11.9. The molecule has 1 saturated heterocycles. The zero-order valence-corrected chi connectivity index (χ0v) is 12.9. The Morgan fingerprint density at radius 3 is 3.11 bits per heavy atom. The summed E-state index contributed by atoms with van der Waals surface area (Å²) in [6.45, 7) is 5.12. The third-order valence-electron chi connectivity index (χ3n) is 2.91. The van der Waals surface area contributed by atoms with Crippen molar-refractivity contribution in [2.45, 2.75) is 13.0 Å². The van der Waals surface area contributed by atoms with Crippen LogP contribution in [0.2, 0.25) is 0 Å². The van der Waals surface area contributed by atoms with Crippen LogP contribution in [0.25, 0.3) is 0 Å². The third kappa shape index (κ3) is 3.54. The number of thiophene rings is 1. The molecule has 1 N–H and O–H groups in total. The summed E-state index contributed by atoms with van der Waals surface area (Å²) in [4.78, 5) is 14.9. The van der Waals surface area contributed by atoms with Crippen molar-refractivity contribution in [2.75, 3.05) is 33.3 Å². The highest BCUT2D eigenvalue weighted by atomic mass is 79.9. The monoisotopic (exact) mass is 332 g/mol. The van der Waals surface area contributed by atoms with Crippen molar-refractivity contribution in [1.82, 2.24) is 10.2 Å². The summed E-state index contributed by atoms with van der Waals surface area (Å²) < 4.78 is 6.62. The van der Waals surface area contributed by atoms with Crippen LogP contribution in [0.15, 0.2) is 9.85 Å². The summed E-state index contributed by atoms with van der Waals surface area (Å²) in [6, 6.07) is 1.90. The van der Waals surface area contributed by atoms with E-state index in [1.807, 2.05) is 13.0 Å². The summed E-state index contributed by atoms with van der Waals surface area (Å²) in [7, 11) is 2.07. The first kappa shape index (κ1) is 14.0. The number of nitrogens with zero attached hydrogens (tertiary/aromatic N) is 1. The maximum absolute atomic E-state index is 11.9. The van der Waals surface area contributed by atoms with E-state index in [9.17, 15) is 4.79 Å². The SMILES string of the molecule is Cc1cc(C(=O)NCC2CN(C)CCO2)sc1Br. The minimum absolute atomic E-state index is 0.0226. The smallest absolute Gasteiger partial charge is 0.261 e. The van der Waals surface area contributed by atoms with Gasteiger partial charge in [-0.15, -0.1) is 11.3 Å². The predicted octanol–water partition coefficient (Wildman–Crippen LogP) is 1.88. The van der Waals surface area contributed by atoms with Crippen LogP contribution < -0.4 is 5.32 Å². The van der Waals surface area contributed by atoms with Gasteiger partial charge in [0.1, 0.15) is 0 Å². The number of carbonyl (C=O) groups is 1. The zero-order valence-electron chi connectivity index (χ0n) is 10.5. The molecule has 0 aromatic carbocycles. The standard InChI is InChI=1S/C12H17BrN2O2S/c1-8-5-10(18-11(8)13)12(16)14-6-9-7-15(2)3-4-17-9/h5,9H,3-4,6-7H2,1-2H3,(H,14,16). The Balaban J connectivity index is 1.84. The van der Waals surface area contributed by atoms with Gasteiger partial charge in [0.25, 0.3) is 5.91 Å². The number of aryl methyl sites for hydroxylation is 1. The minimum atomic E-state index is -0.0226. The molecule has 6 heteroatoms. The Kier molecular flexibility index (Phi) is 4.77. The van der Waals surface area contributed by atoms with Crippen LogP contribution in [0, 0.1) is 6.92 Å². The number of amides is 1. The molecule has 18 heavy (non-hydrogen) atoms. The van der Waals surface area contributed by atoms with Crippen molar-refractivity contribution in [1.29, 1.82) is 0 Å². The highest BCUT2D eigenvalue weighted by Crippen LogP contribution is 2.27. The van der Waals surface area contributed by atoms with Gasteiger partial charge >= 0.3 is 0 Å². The van der Waals surface area contributed by atoms with Gasteiger partial charge in [-0.2, -0.15) is 0 Å². The lowest BCUT2D eigenvalue weighted by atomic mass is 10.2. The first-order valence-electron chi connectivity index (χ1n) is 5.90. The molecule has 0 spiro atoms. The molecule has 100 valence electrons. The van der Waals surface area contributed by atoms with Crippen LogP contribution in [0.5, 0.6) is 0 Å². The van der Waals surface area contributed by atoms with Crippen LogP contribution >= 0.6 is 27.3 Å². The van der Waals surface area contributed by atoms with Gasteiger partial charge in [-0.3, -0.25) is 4.79 Å². The molecule has 1 aromatic rings. The summed E-state index contributed by atoms with van der Waals surface area (Å²) >= 11 is 4.89. The van der Waals surface area contributed by atoms with Crippen molar-refractivity contribution in [3.63, 3.8) is 0 Å². The summed E-state index contributed by atoms with van der Waals surface area (Å²) in [5, 5.41) is 2.93. The molecular formula is C12H17BrN2O2S. The topological polar surface area (TPSA) is 41.6 Å². The number of likely N-dealkylation sites (N-methyl/N-ethyl adjacent to an activating group) is 1. The van der Waals surface area contributed by atoms with E-state index in [-0.39, 0.29) is 12.0 Å². The molecular weight excluding hydrogens is 316 g/mol. The van der Waals surface area contributed by atoms with Crippen LogP contribution in [-0.2, 0) is 4.74 Å². The number of nitrogens with one attached hydrogen (secondary N) is 1. The molecule has 0 aliphatic carbocycles. The van der Waals surface area contributed by atoms with E-state index in [2.05, 4.69) is 33.2 Å². The number of rotatable bonds is 3. The molecule has 1 unspecified atom stereocenters. The molecule has 1 atom stereocenters.